The van der Waals surface area contributed by atoms with E-state index in [1.54, 1.807) is 18.2 Å². The van der Waals surface area contributed by atoms with Crippen LogP contribution in [0.4, 0.5) is 23.2 Å². The fourth-order valence-corrected chi connectivity index (χ4v) is 5.02. The molecule has 204 valence electrons. The third kappa shape index (κ3) is 5.83. The number of benzene rings is 2. The number of likely N-dealkylation sites (tertiary alicyclic amines) is 1. The molecule has 2 heterocycles. The van der Waals surface area contributed by atoms with Gasteiger partial charge in [0.25, 0.3) is 0 Å². The SMILES string of the molecule is COc1ccc2ncc(F)c([C@H](O)CCC3(C(=O)O)CCN(CCNc4c(F)cc(F)cc4F)CC3)c2c1. The van der Waals surface area contributed by atoms with Gasteiger partial charge >= 0.3 is 5.97 Å². The van der Waals surface area contributed by atoms with Gasteiger partial charge in [0.15, 0.2) is 11.6 Å². The van der Waals surface area contributed by atoms with Gasteiger partial charge in [0.2, 0.25) is 0 Å². The molecular weight excluding hydrogens is 506 g/mol. The number of hydrogen-bond donors (Lipinski definition) is 3. The first-order valence-electron chi connectivity index (χ1n) is 12.3. The largest absolute Gasteiger partial charge is 0.497 e. The number of hydrogen-bond acceptors (Lipinski definition) is 6. The van der Waals surface area contributed by atoms with Crippen molar-refractivity contribution >= 4 is 22.6 Å². The summed E-state index contributed by atoms with van der Waals surface area (Å²) in [6.07, 6.45) is 0.547. The number of aromatic nitrogens is 1. The molecule has 0 amide bonds. The molecule has 0 aliphatic carbocycles. The lowest BCUT2D eigenvalue weighted by molar-refractivity contribution is -0.153. The van der Waals surface area contributed by atoms with E-state index >= 15 is 0 Å². The zero-order valence-corrected chi connectivity index (χ0v) is 20.8. The normalized spacial score (nSPS) is 16.4. The summed E-state index contributed by atoms with van der Waals surface area (Å²) in [5.74, 6) is -4.25. The Labute approximate surface area is 217 Å². The Morgan fingerprint density at radius 2 is 1.82 bits per heavy atom. The fourth-order valence-electron chi connectivity index (χ4n) is 5.02. The summed E-state index contributed by atoms with van der Waals surface area (Å²) in [6, 6.07) is 6.12. The third-order valence-electron chi connectivity index (χ3n) is 7.30. The van der Waals surface area contributed by atoms with Gasteiger partial charge in [-0.2, -0.15) is 0 Å². The number of carboxylic acid groups (broad SMARTS) is 1. The fraction of sp³-hybridized carbons (Fsp3) is 0.407. The first-order valence-corrected chi connectivity index (χ1v) is 12.3. The van der Waals surface area contributed by atoms with Crippen LogP contribution in [0.25, 0.3) is 10.9 Å². The monoisotopic (exact) mass is 535 g/mol. The van der Waals surface area contributed by atoms with Gasteiger partial charge < -0.3 is 25.2 Å². The lowest BCUT2D eigenvalue weighted by Crippen LogP contribution is -2.45. The number of piperidine rings is 1. The minimum Gasteiger partial charge on any atom is -0.497 e. The molecule has 1 aliphatic rings. The summed E-state index contributed by atoms with van der Waals surface area (Å²) in [5.41, 5.74) is -0.975. The Kier molecular flexibility index (Phi) is 8.37. The summed E-state index contributed by atoms with van der Waals surface area (Å²) in [7, 11) is 1.47. The van der Waals surface area contributed by atoms with Gasteiger partial charge in [-0.05, 0) is 57.0 Å². The second kappa shape index (κ2) is 11.5. The van der Waals surface area contributed by atoms with Crippen LogP contribution in [0.15, 0.2) is 36.5 Å². The van der Waals surface area contributed by atoms with Gasteiger partial charge in [0.1, 0.15) is 23.1 Å². The predicted molar refractivity (Wildman–Crippen MR) is 133 cm³/mol. The summed E-state index contributed by atoms with van der Waals surface area (Å²) >= 11 is 0. The van der Waals surface area contributed by atoms with Crippen molar-refractivity contribution in [2.75, 3.05) is 38.6 Å². The van der Waals surface area contributed by atoms with Crippen molar-refractivity contribution in [1.82, 2.24) is 9.88 Å². The Morgan fingerprint density at radius 1 is 1.13 bits per heavy atom. The van der Waals surface area contributed by atoms with Gasteiger partial charge in [0.05, 0.1) is 30.3 Å². The van der Waals surface area contributed by atoms with Crippen molar-refractivity contribution in [2.24, 2.45) is 5.41 Å². The highest BCUT2D eigenvalue weighted by molar-refractivity contribution is 5.84. The van der Waals surface area contributed by atoms with Crippen LogP contribution in [0, 0.1) is 28.7 Å². The summed E-state index contributed by atoms with van der Waals surface area (Å²) in [4.78, 5) is 18.3. The number of carboxylic acids is 1. The molecule has 0 saturated carbocycles. The molecule has 3 N–H and O–H groups in total. The highest BCUT2D eigenvalue weighted by atomic mass is 19.1. The van der Waals surface area contributed by atoms with Crippen molar-refractivity contribution < 1.29 is 37.3 Å². The topological polar surface area (TPSA) is 94.9 Å². The Bertz CT molecular complexity index is 1290. The van der Waals surface area contributed by atoms with Crippen LogP contribution in [-0.4, -0.2) is 59.4 Å². The van der Waals surface area contributed by atoms with Crippen molar-refractivity contribution in [3.05, 3.63) is 65.4 Å². The molecule has 1 saturated heterocycles. The smallest absolute Gasteiger partial charge is 0.309 e. The first kappa shape index (κ1) is 27.6. The van der Waals surface area contributed by atoms with Crippen LogP contribution in [-0.2, 0) is 4.79 Å². The molecule has 2 aromatic carbocycles. The van der Waals surface area contributed by atoms with Crippen molar-refractivity contribution in [2.45, 2.75) is 31.8 Å². The van der Waals surface area contributed by atoms with Gasteiger partial charge in [-0.3, -0.25) is 9.78 Å². The molecule has 38 heavy (non-hydrogen) atoms. The lowest BCUT2D eigenvalue weighted by atomic mass is 9.74. The average Bonchev–Trinajstić information content (AvgIpc) is 2.89. The molecular formula is C27H29F4N3O4. The maximum Gasteiger partial charge on any atom is 0.309 e. The molecule has 0 bridgehead atoms. The van der Waals surface area contributed by atoms with Crippen molar-refractivity contribution in [3.8, 4) is 5.75 Å². The summed E-state index contributed by atoms with van der Waals surface area (Å²) < 4.78 is 60.6. The minimum absolute atomic E-state index is 0.0320. The summed E-state index contributed by atoms with van der Waals surface area (Å²) in [5, 5.41) is 24.0. The van der Waals surface area contributed by atoms with E-state index in [9.17, 15) is 32.6 Å². The molecule has 4 rings (SSSR count). The minimum atomic E-state index is -1.24. The van der Waals surface area contributed by atoms with Crippen LogP contribution in [0.5, 0.6) is 5.75 Å². The number of nitrogens with one attached hydrogen (secondary N) is 1. The molecule has 3 aromatic rings. The van der Waals surface area contributed by atoms with Crippen molar-refractivity contribution in [1.29, 1.82) is 0 Å². The van der Waals surface area contributed by atoms with Crippen LogP contribution in [0.3, 0.4) is 0 Å². The van der Waals surface area contributed by atoms with Crippen LogP contribution in [0.1, 0.15) is 37.4 Å². The number of aliphatic hydroxyl groups excluding tert-OH is 1. The predicted octanol–water partition coefficient (Wildman–Crippen LogP) is 4.89. The molecule has 1 aliphatic heterocycles. The number of aliphatic hydroxyl groups is 1. The molecule has 0 unspecified atom stereocenters. The average molecular weight is 536 g/mol. The van der Waals surface area contributed by atoms with Crippen LogP contribution in [0.2, 0.25) is 0 Å². The maximum absolute atomic E-state index is 14.7. The molecule has 0 radical (unpaired) electrons. The van der Waals surface area contributed by atoms with E-state index in [0.717, 1.165) is 6.20 Å². The van der Waals surface area contributed by atoms with E-state index in [2.05, 4.69) is 10.3 Å². The maximum atomic E-state index is 14.7. The Balaban J connectivity index is 1.37. The summed E-state index contributed by atoms with van der Waals surface area (Å²) in [6.45, 7) is 1.41. The van der Waals surface area contributed by atoms with E-state index in [1.807, 2.05) is 4.90 Å². The number of pyridine rings is 1. The molecule has 7 nitrogen and oxygen atoms in total. The number of nitrogens with zero attached hydrogens (tertiary/aromatic N) is 2. The molecule has 1 aromatic heterocycles. The number of aliphatic carboxylic acids is 1. The second-order valence-corrected chi connectivity index (χ2v) is 9.56. The lowest BCUT2D eigenvalue weighted by Gasteiger charge is -2.39. The highest BCUT2D eigenvalue weighted by Gasteiger charge is 2.41. The zero-order chi connectivity index (χ0) is 27.4. The Hall–Kier alpha value is -3.44. The van der Waals surface area contributed by atoms with E-state index in [1.165, 1.54) is 7.11 Å². The van der Waals surface area contributed by atoms with Crippen LogP contribution >= 0.6 is 0 Å². The zero-order valence-electron chi connectivity index (χ0n) is 20.8. The highest BCUT2D eigenvalue weighted by Crippen LogP contribution is 2.40. The van der Waals surface area contributed by atoms with E-state index in [-0.39, 0.29) is 24.9 Å². The van der Waals surface area contributed by atoms with E-state index < -0.39 is 46.4 Å². The molecule has 1 fully saturated rings. The number of methoxy groups -OCH3 is 1. The standard InChI is InChI=1S/C27H29F4N3O4/c1-38-17-2-3-22-18(14-17)24(21(31)15-33-22)23(35)4-5-27(26(36)37)6-9-34(10-7-27)11-8-32-25-19(29)12-16(28)13-20(25)30/h2-3,12-15,23,32,35H,4-11H2,1H3,(H,36,37)/t23-/m1/s1. The molecule has 11 heteroatoms. The van der Waals surface area contributed by atoms with E-state index in [0.29, 0.717) is 61.3 Å². The number of ether oxygens (including phenoxy) is 1. The second-order valence-electron chi connectivity index (χ2n) is 9.56. The first-order chi connectivity index (χ1) is 18.1. The quantitative estimate of drug-likeness (QED) is 0.318. The number of halogens is 4. The van der Waals surface area contributed by atoms with Crippen molar-refractivity contribution in [3.63, 3.8) is 0 Å². The Morgan fingerprint density at radius 3 is 2.45 bits per heavy atom. The van der Waals surface area contributed by atoms with Gasteiger partial charge in [-0.25, -0.2) is 17.6 Å². The number of rotatable bonds is 10. The number of fused-ring (bicyclic) bond motifs is 1. The van der Waals surface area contributed by atoms with Gasteiger partial charge in [-0.15, -0.1) is 0 Å². The molecule has 0 spiro atoms. The molecule has 1 atom stereocenters. The van der Waals surface area contributed by atoms with Gasteiger partial charge in [0, 0.05) is 36.2 Å². The van der Waals surface area contributed by atoms with Crippen LogP contribution < -0.4 is 10.1 Å². The van der Waals surface area contributed by atoms with E-state index in [4.69, 9.17) is 4.74 Å². The third-order valence-corrected chi connectivity index (χ3v) is 7.30. The van der Waals surface area contributed by atoms with Gasteiger partial charge in [-0.1, -0.05) is 0 Å². The number of anilines is 1. The number of carbonyl (C=O) groups is 1.